The normalized spacial score (nSPS) is 12.9. The molecule has 0 spiro atoms. The number of H-pyrrole nitrogens is 1. The van der Waals surface area contributed by atoms with Gasteiger partial charge in [0.2, 0.25) is 0 Å². The summed E-state index contributed by atoms with van der Waals surface area (Å²) in [6, 6.07) is 9.85. The Morgan fingerprint density at radius 1 is 1.18 bits per heavy atom. The quantitative estimate of drug-likeness (QED) is 0.805. The van der Waals surface area contributed by atoms with Crippen LogP contribution in [0.5, 0.6) is 0 Å². The second-order valence-electron chi connectivity index (χ2n) is 6.02. The first-order chi connectivity index (χ1) is 10.6. The van der Waals surface area contributed by atoms with Gasteiger partial charge in [0.25, 0.3) is 0 Å². The van der Waals surface area contributed by atoms with E-state index >= 15 is 0 Å². The van der Waals surface area contributed by atoms with Crippen LogP contribution in [-0.4, -0.2) is 19.5 Å². The summed E-state index contributed by atoms with van der Waals surface area (Å²) in [6.45, 7) is 6.28. The van der Waals surface area contributed by atoms with Crippen molar-refractivity contribution in [3.8, 4) is 0 Å². The fourth-order valence-corrected chi connectivity index (χ4v) is 2.69. The molecule has 1 aromatic carbocycles. The predicted molar refractivity (Wildman–Crippen MR) is 86.9 cm³/mol. The highest BCUT2D eigenvalue weighted by Crippen LogP contribution is 2.19. The number of hydrogen-bond donors (Lipinski definition) is 1. The van der Waals surface area contributed by atoms with Crippen molar-refractivity contribution in [1.29, 1.82) is 0 Å². The summed E-state index contributed by atoms with van der Waals surface area (Å²) in [5.74, 6) is 0.498. The molecular weight excluding hydrogens is 276 g/mol. The summed E-state index contributed by atoms with van der Waals surface area (Å²) in [4.78, 5) is 24.1. The SMILES string of the molecule is CC(C)Cc1cnc2[nH]c(=O)n([C@@H](C)c3ccccc3)c2n1. The van der Waals surface area contributed by atoms with Crippen LogP contribution in [0.15, 0.2) is 41.3 Å². The van der Waals surface area contributed by atoms with E-state index in [0.717, 1.165) is 17.7 Å². The minimum absolute atomic E-state index is 0.0916. The maximum atomic E-state index is 12.3. The second-order valence-corrected chi connectivity index (χ2v) is 6.02. The number of fused-ring (bicyclic) bond motifs is 1. The first kappa shape index (κ1) is 14.5. The van der Waals surface area contributed by atoms with Crippen LogP contribution in [0.25, 0.3) is 11.3 Å². The first-order valence-corrected chi connectivity index (χ1v) is 7.57. The van der Waals surface area contributed by atoms with E-state index in [4.69, 9.17) is 0 Å². The van der Waals surface area contributed by atoms with Crippen molar-refractivity contribution in [2.75, 3.05) is 0 Å². The van der Waals surface area contributed by atoms with Gasteiger partial charge in [0.1, 0.15) is 0 Å². The summed E-state index contributed by atoms with van der Waals surface area (Å²) in [7, 11) is 0. The lowest BCUT2D eigenvalue weighted by Gasteiger charge is -2.13. The highest BCUT2D eigenvalue weighted by Gasteiger charge is 2.17. The van der Waals surface area contributed by atoms with E-state index in [1.54, 1.807) is 10.8 Å². The first-order valence-electron chi connectivity index (χ1n) is 7.57. The third-order valence-corrected chi connectivity index (χ3v) is 3.76. The van der Waals surface area contributed by atoms with Gasteiger partial charge in [-0.1, -0.05) is 44.2 Å². The van der Waals surface area contributed by atoms with Crippen LogP contribution in [0.1, 0.15) is 38.1 Å². The molecule has 0 aliphatic carbocycles. The molecule has 0 fully saturated rings. The zero-order valence-electron chi connectivity index (χ0n) is 13.1. The molecule has 1 atom stereocenters. The Morgan fingerprint density at radius 2 is 1.91 bits per heavy atom. The fourth-order valence-electron chi connectivity index (χ4n) is 2.69. The highest BCUT2D eigenvalue weighted by atomic mass is 16.1. The van der Waals surface area contributed by atoms with Gasteiger partial charge in [-0.25, -0.2) is 14.8 Å². The Balaban J connectivity index is 2.12. The molecule has 1 N–H and O–H groups in total. The Kier molecular flexibility index (Phi) is 3.79. The van der Waals surface area contributed by atoms with Gasteiger partial charge in [0.15, 0.2) is 11.3 Å². The van der Waals surface area contributed by atoms with Crippen molar-refractivity contribution < 1.29 is 0 Å². The summed E-state index contributed by atoms with van der Waals surface area (Å²) >= 11 is 0. The number of nitrogens with one attached hydrogen (secondary N) is 1. The zero-order chi connectivity index (χ0) is 15.7. The van der Waals surface area contributed by atoms with Crippen LogP contribution in [0.2, 0.25) is 0 Å². The molecule has 114 valence electrons. The molecule has 3 rings (SSSR count). The number of benzene rings is 1. The number of aromatic nitrogens is 4. The van der Waals surface area contributed by atoms with E-state index in [0.29, 0.717) is 17.2 Å². The molecule has 0 saturated heterocycles. The molecule has 0 amide bonds. The number of aromatic amines is 1. The summed E-state index contributed by atoms with van der Waals surface area (Å²) in [6.07, 6.45) is 2.60. The molecule has 5 heteroatoms. The molecule has 3 aromatic rings. The van der Waals surface area contributed by atoms with Crippen LogP contribution < -0.4 is 5.69 Å². The van der Waals surface area contributed by atoms with E-state index in [1.807, 2.05) is 37.3 Å². The minimum Gasteiger partial charge on any atom is -0.289 e. The monoisotopic (exact) mass is 296 g/mol. The largest absolute Gasteiger partial charge is 0.329 e. The van der Waals surface area contributed by atoms with Crippen LogP contribution in [0.3, 0.4) is 0 Å². The van der Waals surface area contributed by atoms with Crippen LogP contribution in [-0.2, 0) is 6.42 Å². The Labute approximate surface area is 129 Å². The standard InChI is InChI=1S/C17H20N4O/c1-11(2)9-14-10-18-15-16(19-14)21(17(22)20-15)12(3)13-7-5-4-6-8-13/h4-8,10-12H,9H2,1-3H3,(H,18,20,22)/t12-/m0/s1. The average molecular weight is 296 g/mol. The van der Waals surface area contributed by atoms with Crippen LogP contribution >= 0.6 is 0 Å². The predicted octanol–water partition coefficient (Wildman–Crippen LogP) is 2.93. The minimum atomic E-state index is -0.173. The molecule has 0 aliphatic rings. The number of hydrogen-bond acceptors (Lipinski definition) is 3. The fraction of sp³-hybridized carbons (Fsp3) is 0.353. The molecule has 0 aliphatic heterocycles. The Morgan fingerprint density at radius 3 is 2.59 bits per heavy atom. The van der Waals surface area contributed by atoms with Crippen molar-refractivity contribution in [1.82, 2.24) is 19.5 Å². The maximum absolute atomic E-state index is 12.3. The lowest BCUT2D eigenvalue weighted by Crippen LogP contribution is -2.21. The molecule has 5 nitrogen and oxygen atoms in total. The van der Waals surface area contributed by atoms with Crippen molar-refractivity contribution in [2.24, 2.45) is 5.92 Å². The molecular formula is C17H20N4O. The molecule has 2 heterocycles. The molecule has 0 radical (unpaired) electrons. The Hall–Kier alpha value is -2.43. The number of imidazole rings is 1. The van der Waals surface area contributed by atoms with Crippen LogP contribution in [0.4, 0.5) is 0 Å². The lowest BCUT2D eigenvalue weighted by atomic mass is 10.1. The average Bonchev–Trinajstić information content (AvgIpc) is 2.82. The third kappa shape index (κ3) is 2.66. The van der Waals surface area contributed by atoms with Gasteiger partial charge in [0.05, 0.1) is 17.9 Å². The smallest absolute Gasteiger partial charge is 0.289 e. The van der Waals surface area contributed by atoms with Gasteiger partial charge in [-0.05, 0) is 24.8 Å². The van der Waals surface area contributed by atoms with Crippen molar-refractivity contribution >= 4 is 11.3 Å². The van der Waals surface area contributed by atoms with E-state index in [2.05, 4.69) is 28.8 Å². The third-order valence-electron chi connectivity index (χ3n) is 3.76. The number of nitrogens with zero attached hydrogens (tertiary/aromatic N) is 3. The van der Waals surface area contributed by atoms with E-state index < -0.39 is 0 Å². The topological polar surface area (TPSA) is 63.6 Å². The van der Waals surface area contributed by atoms with Crippen molar-refractivity contribution in [2.45, 2.75) is 33.2 Å². The van der Waals surface area contributed by atoms with Crippen molar-refractivity contribution in [3.05, 3.63) is 58.3 Å². The van der Waals surface area contributed by atoms with Gasteiger partial charge in [0, 0.05) is 0 Å². The molecule has 0 bridgehead atoms. The van der Waals surface area contributed by atoms with E-state index in [1.165, 1.54) is 0 Å². The highest BCUT2D eigenvalue weighted by molar-refractivity contribution is 5.65. The maximum Gasteiger partial charge on any atom is 0.329 e. The summed E-state index contributed by atoms with van der Waals surface area (Å²) in [5.41, 5.74) is 2.98. The molecule has 22 heavy (non-hydrogen) atoms. The molecule has 0 unspecified atom stereocenters. The van der Waals surface area contributed by atoms with Gasteiger partial charge in [-0.2, -0.15) is 0 Å². The Bertz CT molecular complexity index is 833. The van der Waals surface area contributed by atoms with Crippen LogP contribution in [0, 0.1) is 5.92 Å². The van der Waals surface area contributed by atoms with Gasteiger partial charge in [-0.15, -0.1) is 0 Å². The molecule has 2 aromatic heterocycles. The zero-order valence-corrected chi connectivity index (χ0v) is 13.1. The lowest BCUT2D eigenvalue weighted by molar-refractivity contribution is 0.618. The molecule has 0 saturated carbocycles. The van der Waals surface area contributed by atoms with Gasteiger partial charge < -0.3 is 0 Å². The number of rotatable bonds is 4. The summed E-state index contributed by atoms with van der Waals surface area (Å²) < 4.78 is 1.68. The van der Waals surface area contributed by atoms with Crippen molar-refractivity contribution in [3.63, 3.8) is 0 Å². The van der Waals surface area contributed by atoms with E-state index in [9.17, 15) is 4.79 Å². The van der Waals surface area contributed by atoms with Gasteiger partial charge in [-0.3, -0.25) is 9.55 Å². The van der Waals surface area contributed by atoms with E-state index in [-0.39, 0.29) is 11.7 Å². The van der Waals surface area contributed by atoms with Gasteiger partial charge >= 0.3 is 5.69 Å². The summed E-state index contributed by atoms with van der Waals surface area (Å²) in [5, 5.41) is 0. The second kappa shape index (κ2) is 5.75.